The lowest BCUT2D eigenvalue weighted by atomic mass is 10.1. The molecule has 6 aromatic rings. The molecule has 0 aliphatic rings. The second kappa shape index (κ2) is 24.4. The Morgan fingerprint density at radius 1 is 0.476 bits per heavy atom. The van der Waals surface area contributed by atoms with Gasteiger partial charge in [0.1, 0.15) is 32.0 Å². The van der Waals surface area contributed by atoms with Gasteiger partial charge < -0.3 is 33.9 Å². The Morgan fingerprint density at radius 3 is 1.25 bits per heavy atom. The molecule has 0 heterocycles. The van der Waals surface area contributed by atoms with E-state index in [-0.39, 0.29) is 6.09 Å². The summed E-state index contributed by atoms with van der Waals surface area (Å²) in [5, 5.41) is 2.87. The molecule has 1 amide bonds. The first kappa shape index (κ1) is 46.2. The number of amides is 1. The quantitative estimate of drug-likeness (QED) is 0.0603. The normalized spacial score (nSPS) is 11.3. The number of nitrogens with one attached hydrogen (secondary N) is 1. The van der Waals surface area contributed by atoms with Crippen LogP contribution in [0.5, 0.6) is 23.0 Å². The van der Waals surface area contributed by atoms with Gasteiger partial charge in [0.15, 0.2) is 23.0 Å². The molecule has 330 valence electrons. The van der Waals surface area contributed by atoms with Crippen molar-refractivity contribution in [2.24, 2.45) is 0 Å². The third kappa shape index (κ3) is 16.8. The summed E-state index contributed by atoms with van der Waals surface area (Å²) >= 11 is 0. The molecule has 0 unspecified atom stereocenters. The van der Waals surface area contributed by atoms with Crippen LogP contribution >= 0.6 is 0 Å². The minimum absolute atomic E-state index is 0.380. The number of benzene rings is 6. The maximum Gasteiger partial charge on any atom is 0.407 e. The molecular weight excluding hydrogens is 787 g/mol. The van der Waals surface area contributed by atoms with Gasteiger partial charge in [0.25, 0.3) is 0 Å². The van der Waals surface area contributed by atoms with Crippen molar-refractivity contribution in [2.75, 3.05) is 33.2 Å². The van der Waals surface area contributed by atoms with Crippen LogP contribution in [-0.2, 0) is 44.3 Å². The summed E-state index contributed by atoms with van der Waals surface area (Å²) in [5.74, 6) is 2.84. The van der Waals surface area contributed by atoms with E-state index >= 15 is 0 Å². The summed E-state index contributed by atoms with van der Waals surface area (Å²) in [5.41, 5.74) is 6.08. The van der Waals surface area contributed by atoms with E-state index in [2.05, 4.69) is 95.0 Å². The Morgan fingerprint density at radius 2 is 0.857 bits per heavy atom. The van der Waals surface area contributed by atoms with E-state index in [0.717, 1.165) is 65.9 Å². The molecule has 1 N–H and O–H groups in total. The molecule has 9 nitrogen and oxygen atoms in total. The van der Waals surface area contributed by atoms with E-state index in [1.54, 1.807) is 0 Å². The van der Waals surface area contributed by atoms with Crippen LogP contribution in [0.4, 0.5) is 4.79 Å². The van der Waals surface area contributed by atoms with Gasteiger partial charge in [0.2, 0.25) is 0 Å². The highest BCUT2D eigenvalue weighted by Crippen LogP contribution is 2.33. The van der Waals surface area contributed by atoms with Crippen molar-refractivity contribution >= 4 is 6.09 Å². The second-order valence-corrected chi connectivity index (χ2v) is 16.8. The summed E-state index contributed by atoms with van der Waals surface area (Å²) in [6, 6.07) is 53.4. The van der Waals surface area contributed by atoms with Crippen LogP contribution in [0.25, 0.3) is 0 Å². The fourth-order valence-electron chi connectivity index (χ4n) is 6.97. The molecule has 0 bridgehead atoms. The van der Waals surface area contributed by atoms with E-state index in [0.29, 0.717) is 69.1 Å². The Hall–Kier alpha value is -6.29. The summed E-state index contributed by atoms with van der Waals surface area (Å²) in [4.78, 5) is 16.9. The lowest BCUT2D eigenvalue weighted by Crippen LogP contribution is -2.34. The molecule has 9 heteroatoms. The minimum Gasteiger partial charge on any atom is -0.485 e. The van der Waals surface area contributed by atoms with Crippen molar-refractivity contribution in [3.63, 3.8) is 0 Å². The van der Waals surface area contributed by atoms with Crippen LogP contribution in [0.3, 0.4) is 0 Å². The van der Waals surface area contributed by atoms with Gasteiger partial charge in [-0.1, -0.05) is 133 Å². The van der Waals surface area contributed by atoms with Gasteiger partial charge in [-0.3, -0.25) is 4.90 Å². The van der Waals surface area contributed by atoms with Gasteiger partial charge in [-0.25, -0.2) is 4.79 Å². The van der Waals surface area contributed by atoms with Crippen LogP contribution in [-0.4, -0.2) is 54.7 Å². The van der Waals surface area contributed by atoms with Crippen molar-refractivity contribution in [1.29, 1.82) is 0 Å². The maximum atomic E-state index is 12.1. The van der Waals surface area contributed by atoms with E-state index in [9.17, 15) is 4.79 Å². The molecule has 0 fully saturated rings. The largest absolute Gasteiger partial charge is 0.485 e. The highest BCUT2D eigenvalue weighted by molar-refractivity contribution is 5.67. The predicted molar refractivity (Wildman–Crippen MR) is 251 cm³/mol. The molecule has 63 heavy (non-hydrogen) atoms. The molecule has 6 aromatic carbocycles. The molecule has 0 aliphatic heterocycles. The summed E-state index contributed by atoms with van der Waals surface area (Å²) < 4.78 is 31.1. The van der Waals surface area contributed by atoms with Gasteiger partial charge in [0, 0.05) is 26.2 Å². The number of hydrogen-bond donors (Lipinski definition) is 1. The summed E-state index contributed by atoms with van der Waals surface area (Å²) in [6.45, 7) is 11.9. The monoisotopic (exact) mass is 849 g/mol. The highest BCUT2D eigenvalue weighted by Gasteiger charge is 2.17. The zero-order valence-electron chi connectivity index (χ0n) is 37.3. The maximum absolute atomic E-state index is 12.1. The molecule has 0 radical (unpaired) electrons. The third-order valence-electron chi connectivity index (χ3n) is 10.2. The lowest BCUT2D eigenvalue weighted by Gasteiger charge is -2.25. The molecule has 0 aromatic heterocycles. The number of nitrogens with zero attached hydrogens (tertiary/aromatic N) is 2. The third-order valence-corrected chi connectivity index (χ3v) is 10.2. The van der Waals surface area contributed by atoms with Gasteiger partial charge >= 0.3 is 6.09 Å². The number of ether oxygens (including phenoxy) is 5. The zero-order valence-corrected chi connectivity index (χ0v) is 37.3. The molecule has 0 spiro atoms. The average Bonchev–Trinajstić information content (AvgIpc) is 3.29. The zero-order chi connectivity index (χ0) is 44.1. The summed E-state index contributed by atoms with van der Waals surface area (Å²) in [7, 11) is 2.13. The highest BCUT2D eigenvalue weighted by atomic mass is 16.6. The van der Waals surface area contributed by atoms with Crippen molar-refractivity contribution in [2.45, 2.75) is 78.7 Å². The van der Waals surface area contributed by atoms with Crippen molar-refractivity contribution in [1.82, 2.24) is 15.1 Å². The molecule has 0 aliphatic carbocycles. The van der Waals surface area contributed by atoms with Gasteiger partial charge in [-0.2, -0.15) is 0 Å². The smallest absolute Gasteiger partial charge is 0.407 e. The van der Waals surface area contributed by atoms with Crippen LogP contribution in [0.2, 0.25) is 0 Å². The standard InChI is InChI=1S/C54H63N3O6/c1-54(2,3)63-53(58)55-31-17-32-56(4)33-18-34-57(37-47-27-29-49(59-39-43-19-9-5-10-20-43)51(35-47)61-41-45-23-13-7-14-24-45)38-48-28-30-50(60-40-44-21-11-6-12-22-44)52(36-48)62-42-46-25-15-8-16-26-46/h5-16,19-30,35-36H,17-18,31-34,37-42H2,1-4H3,(H,55,58). The Labute approximate surface area is 374 Å². The Kier molecular flexibility index (Phi) is 17.9. The topological polar surface area (TPSA) is 81.7 Å². The van der Waals surface area contributed by atoms with Gasteiger partial charge in [-0.15, -0.1) is 0 Å². The van der Waals surface area contributed by atoms with E-state index in [1.807, 2.05) is 106 Å². The first-order valence-corrected chi connectivity index (χ1v) is 22.0. The molecular formula is C54H63N3O6. The summed E-state index contributed by atoms with van der Waals surface area (Å²) in [6.07, 6.45) is 1.39. The number of carbonyl (C=O) groups is 1. The minimum atomic E-state index is -0.517. The first-order valence-electron chi connectivity index (χ1n) is 22.0. The van der Waals surface area contributed by atoms with Crippen molar-refractivity contribution < 1.29 is 28.5 Å². The molecule has 0 atom stereocenters. The predicted octanol–water partition coefficient (Wildman–Crippen LogP) is 11.2. The SMILES string of the molecule is CN(CCCNC(=O)OC(C)(C)C)CCCN(Cc1ccc(OCc2ccccc2)c(OCc2ccccc2)c1)Cc1ccc(OCc2ccccc2)c(OCc2ccccc2)c1. The van der Waals surface area contributed by atoms with Crippen LogP contribution < -0.4 is 24.3 Å². The molecule has 6 rings (SSSR count). The van der Waals surface area contributed by atoms with Crippen LogP contribution in [0.15, 0.2) is 158 Å². The van der Waals surface area contributed by atoms with Gasteiger partial charge in [0.05, 0.1) is 0 Å². The fraction of sp³-hybridized carbons (Fsp3) is 0.315. The number of carbonyl (C=O) groups excluding carboxylic acids is 1. The Balaban J connectivity index is 1.18. The van der Waals surface area contributed by atoms with E-state index in [4.69, 9.17) is 23.7 Å². The van der Waals surface area contributed by atoms with Crippen LogP contribution in [0, 0.1) is 0 Å². The molecule has 0 saturated carbocycles. The fourth-order valence-corrected chi connectivity index (χ4v) is 6.97. The number of rotatable bonds is 24. The first-order chi connectivity index (χ1) is 30.6. The second-order valence-electron chi connectivity index (χ2n) is 16.8. The van der Waals surface area contributed by atoms with Crippen molar-refractivity contribution in [3.05, 3.63) is 191 Å². The van der Waals surface area contributed by atoms with Crippen LogP contribution in [0.1, 0.15) is 67.0 Å². The van der Waals surface area contributed by atoms with Crippen molar-refractivity contribution in [3.8, 4) is 23.0 Å². The van der Waals surface area contributed by atoms with E-state index < -0.39 is 5.60 Å². The average molecular weight is 850 g/mol. The number of hydrogen-bond acceptors (Lipinski definition) is 8. The van der Waals surface area contributed by atoms with Gasteiger partial charge in [-0.05, 0) is 111 Å². The molecule has 0 saturated heterocycles. The lowest BCUT2D eigenvalue weighted by molar-refractivity contribution is 0.0526. The number of alkyl carbamates (subject to hydrolysis) is 1. The Bertz CT molecular complexity index is 2100. The van der Waals surface area contributed by atoms with E-state index in [1.165, 1.54) is 0 Å².